The number of hydrogen-bond acceptors (Lipinski definition) is 3. The average molecular weight is 231 g/mol. The number of ether oxygens (including phenoxy) is 1. The van der Waals surface area contributed by atoms with Crippen molar-refractivity contribution in [3.05, 3.63) is 0 Å². The minimum Gasteiger partial charge on any atom is -0.465 e. The van der Waals surface area contributed by atoms with Crippen molar-refractivity contribution in [2.45, 2.75) is 53.9 Å². The fraction of sp³-hybridized carbons (Fsp3) is 0.923. The van der Waals surface area contributed by atoms with Gasteiger partial charge < -0.3 is 4.74 Å². The van der Waals surface area contributed by atoms with E-state index in [1.165, 1.54) is 6.42 Å². The first kappa shape index (κ1) is 17.8. The van der Waals surface area contributed by atoms with E-state index in [1.807, 2.05) is 20.8 Å². The molecule has 0 amide bonds. The molecule has 0 aliphatic rings. The Kier molecular flexibility index (Phi) is 16.1. The van der Waals surface area contributed by atoms with E-state index in [2.05, 4.69) is 18.7 Å². The van der Waals surface area contributed by atoms with Crippen LogP contribution in [0.15, 0.2) is 0 Å². The van der Waals surface area contributed by atoms with Crippen LogP contribution in [0.3, 0.4) is 0 Å². The largest absolute Gasteiger partial charge is 0.465 e. The van der Waals surface area contributed by atoms with Crippen molar-refractivity contribution in [1.82, 2.24) is 4.90 Å². The smallest absolute Gasteiger partial charge is 0.320 e. The van der Waals surface area contributed by atoms with Crippen molar-refractivity contribution in [1.29, 1.82) is 0 Å². The maximum atomic E-state index is 11.2. The average Bonchev–Trinajstić information content (AvgIpc) is 2.29. The Balaban J connectivity index is 0. The molecular weight excluding hydrogens is 202 g/mol. The van der Waals surface area contributed by atoms with Gasteiger partial charge in [0, 0.05) is 0 Å². The topological polar surface area (TPSA) is 29.5 Å². The second kappa shape index (κ2) is 14.4. The molecule has 98 valence electrons. The maximum absolute atomic E-state index is 11.2. The van der Waals surface area contributed by atoms with Crippen molar-refractivity contribution in [3.8, 4) is 0 Å². The summed E-state index contributed by atoms with van der Waals surface area (Å²) in [6, 6.07) is 0. The molecular formula is C13H29NO2. The quantitative estimate of drug-likeness (QED) is 0.601. The van der Waals surface area contributed by atoms with Crippen LogP contribution in [0.25, 0.3) is 0 Å². The molecule has 0 aromatic heterocycles. The number of hydrogen-bond donors (Lipinski definition) is 0. The number of unbranched alkanes of at least 4 members (excludes halogenated alkanes) is 1. The van der Waals surface area contributed by atoms with E-state index in [4.69, 9.17) is 4.74 Å². The summed E-state index contributed by atoms with van der Waals surface area (Å²) in [6.07, 6.45) is 3.41. The molecule has 0 aliphatic heterocycles. The van der Waals surface area contributed by atoms with Crippen LogP contribution in [0.1, 0.15) is 53.9 Å². The summed E-state index contributed by atoms with van der Waals surface area (Å²) in [4.78, 5) is 13.4. The number of nitrogens with zero attached hydrogens (tertiary/aromatic N) is 1. The Hall–Kier alpha value is -0.570. The Bertz CT molecular complexity index is 149. The fourth-order valence-corrected chi connectivity index (χ4v) is 1.36. The molecule has 0 unspecified atom stereocenters. The second-order valence-corrected chi connectivity index (χ2v) is 3.43. The van der Waals surface area contributed by atoms with Crippen molar-refractivity contribution in [3.63, 3.8) is 0 Å². The van der Waals surface area contributed by atoms with Crippen LogP contribution in [0, 0.1) is 0 Å². The molecule has 0 saturated heterocycles. The molecule has 3 nitrogen and oxygen atoms in total. The molecule has 16 heavy (non-hydrogen) atoms. The first-order chi connectivity index (χ1) is 7.74. The number of rotatable bonds is 8. The minimum atomic E-state index is -0.1000. The molecule has 0 rings (SSSR count). The molecule has 0 bridgehead atoms. The van der Waals surface area contributed by atoms with E-state index in [-0.39, 0.29) is 5.97 Å². The van der Waals surface area contributed by atoms with Crippen molar-refractivity contribution < 1.29 is 9.53 Å². The molecule has 0 spiro atoms. The van der Waals surface area contributed by atoms with Gasteiger partial charge in [-0.1, -0.05) is 34.1 Å². The van der Waals surface area contributed by atoms with E-state index >= 15 is 0 Å². The van der Waals surface area contributed by atoms with Crippen LogP contribution < -0.4 is 0 Å². The first-order valence-corrected chi connectivity index (χ1v) is 6.62. The van der Waals surface area contributed by atoms with Crippen molar-refractivity contribution >= 4 is 5.97 Å². The summed E-state index contributed by atoms with van der Waals surface area (Å²) in [6.45, 7) is 13.0. The van der Waals surface area contributed by atoms with Crippen LogP contribution >= 0.6 is 0 Å². The zero-order valence-corrected chi connectivity index (χ0v) is 11.7. The van der Waals surface area contributed by atoms with E-state index in [0.29, 0.717) is 13.2 Å². The monoisotopic (exact) mass is 231 g/mol. The highest BCUT2D eigenvalue weighted by Crippen LogP contribution is 1.97. The van der Waals surface area contributed by atoms with E-state index in [0.717, 1.165) is 25.9 Å². The van der Waals surface area contributed by atoms with Gasteiger partial charge in [-0.15, -0.1) is 0 Å². The molecule has 0 atom stereocenters. The maximum Gasteiger partial charge on any atom is 0.320 e. The van der Waals surface area contributed by atoms with Crippen LogP contribution in [-0.4, -0.2) is 37.1 Å². The molecule has 3 heteroatoms. The molecule has 0 aromatic rings. The van der Waals surface area contributed by atoms with Crippen LogP contribution in [-0.2, 0) is 9.53 Å². The first-order valence-electron chi connectivity index (χ1n) is 6.62. The Morgan fingerprint density at radius 2 is 1.69 bits per heavy atom. The lowest BCUT2D eigenvalue weighted by Crippen LogP contribution is -2.32. The van der Waals surface area contributed by atoms with Gasteiger partial charge in [-0.3, -0.25) is 9.69 Å². The van der Waals surface area contributed by atoms with Gasteiger partial charge in [0.25, 0.3) is 0 Å². The lowest BCUT2D eigenvalue weighted by molar-refractivity contribution is -0.144. The number of carbonyl (C=O) groups is 1. The molecule has 0 fully saturated rings. The molecule has 0 aromatic carbocycles. The zero-order chi connectivity index (χ0) is 12.8. The SMILES string of the molecule is CC.CCCCN(CCC)CC(=O)OCC. The van der Waals surface area contributed by atoms with Gasteiger partial charge in [-0.2, -0.15) is 0 Å². The molecule has 0 radical (unpaired) electrons. The Morgan fingerprint density at radius 1 is 1.06 bits per heavy atom. The molecule has 0 N–H and O–H groups in total. The summed E-state index contributed by atoms with van der Waals surface area (Å²) in [5.41, 5.74) is 0. The predicted octanol–water partition coefficient (Wildman–Crippen LogP) is 3.09. The van der Waals surface area contributed by atoms with E-state index < -0.39 is 0 Å². The third-order valence-corrected chi connectivity index (χ3v) is 2.03. The Labute approximate surface area is 101 Å². The summed E-state index contributed by atoms with van der Waals surface area (Å²) in [7, 11) is 0. The number of carbonyl (C=O) groups excluding carboxylic acids is 1. The van der Waals surface area contributed by atoms with E-state index in [1.54, 1.807) is 0 Å². The summed E-state index contributed by atoms with van der Waals surface area (Å²) < 4.78 is 4.92. The standard InChI is InChI=1S/C11H23NO2.C2H6/c1-4-7-9-12(8-5-2)10-11(13)14-6-3;1-2/h4-10H2,1-3H3;1-2H3. The van der Waals surface area contributed by atoms with Gasteiger partial charge in [0.05, 0.1) is 13.2 Å². The van der Waals surface area contributed by atoms with E-state index in [9.17, 15) is 4.79 Å². The van der Waals surface area contributed by atoms with Gasteiger partial charge in [0.2, 0.25) is 0 Å². The van der Waals surface area contributed by atoms with Gasteiger partial charge in [-0.25, -0.2) is 0 Å². The third-order valence-electron chi connectivity index (χ3n) is 2.03. The molecule has 0 aliphatic carbocycles. The van der Waals surface area contributed by atoms with Crippen LogP contribution in [0.2, 0.25) is 0 Å². The van der Waals surface area contributed by atoms with Gasteiger partial charge >= 0.3 is 5.97 Å². The third kappa shape index (κ3) is 11.5. The van der Waals surface area contributed by atoms with Gasteiger partial charge in [0.15, 0.2) is 0 Å². The van der Waals surface area contributed by atoms with Gasteiger partial charge in [-0.05, 0) is 32.9 Å². The summed E-state index contributed by atoms with van der Waals surface area (Å²) in [5, 5.41) is 0. The van der Waals surface area contributed by atoms with Crippen molar-refractivity contribution in [2.75, 3.05) is 26.2 Å². The molecule has 0 saturated carbocycles. The summed E-state index contributed by atoms with van der Waals surface area (Å²) >= 11 is 0. The van der Waals surface area contributed by atoms with Crippen LogP contribution in [0.5, 0.6) is 0 Å². The fourth-order valence-electron chi connectivity index (χ4n) is 1.36. The lowest BCUT2D eigenvalue weighted by Gasteiger charge is -2.19. The highest BCUT2D eigenvalue weighted by Gasteiger charge is 2.09. The highest BCUT2D eigenvalue weighted by molar-refractivity contribution is 5.71. The lowest BCUT2D eigenvalue weighted by atomic mass is 10.3. The zero-order valence-electron chi connectivity index (χ0n) is 11.7. The Morgan fingerprint density at radius 3 is 2.12 bits per heavy atom. The van der Waals surface area contributed by atoms with Crippen molar-refractivity contribution in [2.24, 2.45) is 0 Å². The van der Waals surface area contributed by atoms with Crippen LogP contribution in [0.4, 0.5) is 0 Å². The minimum absolute atomic E-state index is 0.1000. The summed E-state index contributed by atoms with van der Waals surface area (Å²) in [5.74, 6) is -0.1000. The predicted molar refractivity (Wildman–Crippen MR) is 69.6 cm³/mol. The van der Waals surface area contributed by atoms with Gasteiger partial charge in [0.1, 0.15) is 0 Å². The molecule has 0 heterocycles. The highest BCUT2D eigenvalue weighted by atomic mass is 16.5. The number of esters is 1. The normalized spacial score (nSPS) is 9.62. The second-order valence-electron chi connectivity index (χ2n) is 3.43.